The van der Waals surface area contributed by atoms with Gasteiger partial charge in [0, 0.05) is 17.5 Å². The van der Waals surface area contributed by atoms with Crippen LogP contribution in [0.4, 0.5) is 11.5 Å². The maximum Gasteiger partial charge on any atom is 0.257 e. The number of carbonyl (C=O) groups excluding carboxylic acids is 1. The summed E-state index contributed by atoms with van der Waals surface area (Å²) in [5.74, 6) is 0.665. The number of pyridine rings is 1. The average molecular weight is 347 g/mol. The van der Waals surface area contributed by atoms with E-state index >= 15 is 0 Å². The highest BCUT2D eigenvalue weighted by Crippen LogP contribution is 2.25. The van der Waals surface area contributed by atoms with Crippen LogP contribution < -0.4 is 10.1 Å². The number of H-pyrrole nitrogens is 1. The number of hydrogen-bond acceptors (Lipinski definition) is 4. The molecule has 7 heteroatoms. The SMILES string of the molecule is [C-]#[N+]c1[nH]nc2cc(/C=C/C(=O)Nc3c(C)cc(OC)nc3C)ccc12. The molecule has 3 rings (SSSR count). The van der Waals surface area contributed by atoms with Crippen LogP contribution in [0.2, 0.25) is 0 Å². The second-order valence-electron chi connectivity index (χ2n) is 5.73. The molecule has 0 aliphatic rings. The lowest BCUT2D eigenvalue weighted by Crippen LogP contribution is -2.11. The fourth-order valence-electron chi connectivity index (χ4n) is 2.63. The summed E-state index contributed by atoms with van der Waals surface area (Å²) in [6, 6.07) is 7.23. The minimum absolute atomic E-state index is 0.257. The van der Waals surface area contributed by atoms with Crippen LogP contribution in [0.25, 0.3) is 21.8 Å². The van der Waals surface area contributed by atoms with E-state index < -0.39 is 0 Å². The number of benzene rings is 1. The lowest BCUT2D eigenvalue weighted by atomic mass is 10.1. The van der Waals surface area contributed by atoms with Gasteiger partial charge in [0.15, 0.2) is 0 Å². The summed E-state index contributed by atoms with van der Waals surface area (Å²) in [6.07, 6.45) is 3.15. The molecule has 0 atom stereocenters. The highest BCUT2D eigenvalue weighted by Gasteiger charge is 2.09. The fourth-order valence-corrected chi connectivity index (χ4v) is 2.63. The third kappa shape index (κ3) is 3.39. The molecule has 130 valence electrons. The Hall–Kier alpha value is -3.66. The molecule has 0 aliphatic carbocycles. The topological polar surface area (TPSA) is 84.3 Å². The molecule has 0 aliphatic heterocycles. The lowest BCUT2D eigenvalue weighted by Gasteiger charge is -2.11. The molecule has 1 aromatic carbocycles. The average Bonchev–Trinajstić information content (AvgIpc) is 3.05. The molecular weight excluding hydrogens is 330 g/mol. The Labute approximate surface area is 150 Å². The first-order valence-electron chi connectivity index (χ1n) is 7.88. The van der Waals surface area contributed by atoms with Crippen molar-refractivity contribution in [3.8, 4) is 5.88 Å². The lowest BCUT2D eigenvalue weighted by molar-refractivity contribution is -0.111. The predicted molar refractivity (Wildman–Crippen MR) is 100 cm³/mol. The van der Waals surface area contributed by atoms with Gasteiger partial charge in [-0.2, -0.15) is 0 Å². The number of ether oxygens (including phenoxy) is 1. The van der Waals surface area contributed by atoms with Gasteiger partial charge in [-0.15, -0.1) is 5.10 Å². The van der Waals surface area contributed by atoms with Crippen LogP contribution in [0, 0.1) is 20.4 Å². The van der Waals surface area contributed by atoms with Crippen LogP contribution in [0.1, 0.15) is 16.8 Å². The highest BCUT2D eigenvalue weighted by atomic mass is 16.5. The summed E-state index contributed by atoms with van der Waals surface area (Å²) in [5.41, 5.74) is 3.74. The van der Waals surface area contributed by atoms with Crippen molar-refractivity contribution in [2.75, 3.05) is 12.4 Å². The number of amides is 1. The van der Waals surface area contributed by atoms with Crippen LogP contribution in [0.5, 0.6) is 5.88 Å². The van der Waals surface area contributed by atoms with Gasteiger partial charge in [0.1, 0.15) is 5.52 Å². The second kappa shape index (κ2) is 7.07. The number of methoxy groups -OCH3 is 1. The number of aromatic amines is 1. The molecule has 26 heavy (non-hydrogen) atoms. The Morgan fingerprint density at radius 1 is 1.35 bits per heavy atom. The van der Waals surface area contributed by atoms with E-state index in [1.807, 2.05) is 32.0 Å². The third-order valence-electron chi connectivity index (χ3n) is 3.93. The largest absolute Gasteiger partial charge is 0.481 e. The van der Waals surface area contributed by atoms with E-state index in [9.17, 15) is 4.79 Å². The van der Waals surface area contributed by atoms with Crippen molar-refractivity contribution in [3.05, 3.63) is 58.6 Å². The Morgan fingerprint density at radius 2 is 2.15 bits per heavy atom. The number of aromatic nitrogens is 3. The smallest absolute Gasteiger partial charge is 0.257 e. The molecule has 2 heterocycles. The molecule has 2 N–H and O–H groups in total. The van der Waals surface area contributed by atoms with Crippen molar-refractivity contribution >= 4 is 34.4 Å². The minimum Gasteiger partial charge on any atom is -0.481 e. The van der Waals surface area contributed by atoms with E-state index in [1.54, 1.807) is 19.3 Å². The van der Waals surface area contributed by atoms with Gasteiger partial charge < -0.3 is 14.9 Å². The summed E-state index contributed by atoms with van der Waals surface area (Å²) in [4.78, 5) is 19.9. The summed E-state index contributed by atoms with van der Waals surface area (Å²) in [5, 5.41) is 10.4. The number of hydrogen-bond donors (Lipinski definition) is 2. The van der Waals surface area contributed by atoms with E-state index in [2.05, 4.69) is 25.3 Å². The van der Waals surface area contributed by atoms with E-state index in [1.165, 1.54) is 6.08 Å². The van der Waals surface area contributed by atoms with Crippen LogP contribution >= 0.6 is 0 Å². The molecule has 0 radical (unpaired) electrons. The molecule has 0 fully saturated rings. The van der Waals surface area contributed by atoms with Gasteiger partial charge in [0.2, 0.25) is 11.8 Å². The quantitative estimate of drug-likeness (QED) is 0.555. The third-order valence-corrected chi connectivity index (χ3v) is 3.93. The summed E-state index contributed by atoms with van der Waals surface area (Å²) < 4.78 is 5.12. The van der Waals surface area contributed by atoms with Gasteiger partial charge in [-0.25, -0.2) is 10.1 Å². The highest BCUT2D eigenvalue weighted by molar-refractivity contribution is 6.03. The van der Waals surface area contributed by atoms with Crippen LogP contribution in [-0.4, -0.2) is 28.2 Å². The zero-order chi connectivity index (χ0) is 18.7. The molecule has 7 nitrogen and oxygen atoms in total. The molecule has 3 aromatic rings. The van der Waals surface area contributed by atoms with Crippen molar-refractivity contribution in [2.45, 2.75) is 13.8 Å². The van der Waals surface area contributed by atoms with Gasteiger partial charge in [-0.05, 0) is 37.1 Å². The Morgan fingerprint density at radius 3 is 2.85 bits per heavy atom. The number of rotatable bonds is 4. The van der Waals surface area contributed by atoms with Crippen molar-refractivity contribution in [1.82, 2.24) is 15.2 Å². The fraction of sp³-hybridized carbons (Fsp3) is 0.158. The Kier molecular flexibility index (Phi) is 4.67. The number of anilines is 1. The maximum atomic E-state index is 12.2. The molecule has 0 bridgehead atoms. The number of nitrogens with one attached hydrogen (secondary N) is 2. The summed E-state index contributed by atoms with van der Waals surface area (Å²) in [6.45, 7) is 10.8. The van der Waals surface area contributed by atoms with E-state index in [0.717, 1.165) is 16.5 Å². The number of nitrogens with zero attached hydrogens (tertiary/aromatic N) is 3. The number of fused-ring (bicyclic) bond motifs is 1. The van der Waals surface area contributed by atoms with Crippen LogP contribution in [0.15, 0.2) is 30.3 Å². The van der Waals surface area contributed by atoms with E-state index in [4.69, 9.17) is 11.3 Å². The van der Waals surface area contributed by atoms with Crippen LogP contribution in [-0.2, 0) is 4.79 Å². The maximum absolute atomic E-state index is 12.2. The molecule has 1 amide bonds. The zero-order valence-electron chi connectivity index (χ0n) is 14.6. The molecule has 2 aromatic heterocycles. The molecule has 0 unspecified atom stereocenters. The van der Waals surface area contributed by atoms with E-state index in [0.29, 0.717) is 28.6 Å². The molecular formula is C19H17N5O2. The van der Waals surface area contributed by atoms with Gasteiger partial charge in [0.25, 0.3) is 5.82 Å². The van der Waals surface area contributed by atoms with Crippen molar-refractivity contribution in [2.24, 2.45) is 0 Å². The summed E-state index contributed by atoms with van der Waals surface area (Å²) in [7, 11) is 1.56. The van der Waals surface area contributed by atoms with Crippen molar-refractivity contribution in [1.29, 1.82) is 0 Å². The van der Waals surface area contributed by atoms with Gasteiger partial charge in [0.05, 0.1) is 18.5 Å². The van der Waals surface area contributed by atoms with E-state index in [-0.39, 0.29) is 5.91 Å². The number of carbonyl (C=O) groups is 1. The molecule has 0 spiro atoms. The normalized spacial score (nSPS) is 10.8. The predicted octanol–water partition coefficient (Wildman–Crippen LogP) is 3.79. The minimum atomic E-state index is -0.257. The first-order chi connectivity index (χ1) is 12.5. The van der Waals surface area contributed by atoms with Gasteiger partial charge in [-0.3, -0.25) is 4.79 Å². The van der Waals surface area contributed by atoms with Crippen molar-refractivity contribution in [3.63, 3.8) is 0 Å². The summed E-state index contributed by atoms with van der Waals surface area (Å²) >= 11 is 0. The molecule has 0 saturated carbocycles. The second-order valence-corrected chi connectivity index (χ2v) is 5.73. The first-order valence-corrected chi connectivity index (χ1v) is 7.88. The standard InChI is InChI=1S/C19H17N5O2/c1-11-9-17(26-4)21-12(2)18(11)22-16(25)8-6-13-5-7-14-15(10-13)23-24-19(14)20-3/h5-10H,1-2,4H3,(H,22,25)(H,23,24)/b8-6+. The Balaban J connectivity index is 1.77. The Bertz CT molecular complexity index is 1040. The number of aryl methyl sites for hydroxylation is 2. The van der Waals surface area contributed by atoms with Crippen LogP contribution in [0.3, 0.4) is 0 Å². The zero-order valence-corrected chi connectivity index (χ0v) is 14.6. The van der Waals surface area contributed by atoms with Gasteiger partial charge in [-0.1, -0.05) is 18.7 Å². The molecule has 0 saturated heterocycles. The first kappa shape index (κ1) is 17.2. The monoisotopic (exact) mass is 347 g/mol. The van der Waals surface area contributed by atoms with Crippen molar-refractivity contribution < 1.29 is 9.53 Å². The van der Waals surface area contributed by atoms with Gasteiger partial charge >= 0.3 is 0 Å².